The zero-order chi connectivity index (χ0) is 17.3. The molecule has 0 aromatic heterocycles. The Labute approximate surface area is 156 Å². The molecule has 0 bridgehead atoms. The zero-order valence-corrected chi connectivity index (χ0v) is 16.4. The molecule has 0 unspecified atom stereocenters. The van der Waals surface area contributed by atoms with Crippen LogP contribution in [0.1, 0.15) is 24.5 Å². The van der Waals surface area contributed by atoms with Crippen LogP contribution in [0, 0.1) is 0 Å². The van der Waals surface area contributed by atoms with Crippen LogP contribution in [0.5, 0.6) is 0 Å². The summed E-state index contributed by atoms with van der Waals surface area (Å²) in [4.78, 5) is 2.45. The number of halogens is 2. The van der Waals surface area contributed by atoms with E-state index in [9.17, 15) is 8.42 Å². The van der Waals surface area contributed by atoms with Gasteiger partial charge in [0.05, 0.1) is 15.2 Å². The first kappa shape index (κ1) is 17.7. The van der Waals surface area contributed by atoms with Gasteiger partial charge in [-0.15, -0.1) is 0 Å². The minimum Gasteiger partial charge on any atom is -0.295 e. The van der Waals surface area contributed by atoms with Crippen molar-refractivity contribution in [3.8, 4) is 0 Å². The number of fused-ring (bicyclic) bond motifs is 1. The van der Waals surface area contributed by atoms with Crippen molar-refractivity contribution in [2.45, 2.75) is 31.3 Å². The Kier molecular flexibility index (Phi) is 5.20. The first-order valence-electron chi connectivity index (χ1n) is 7.72. The van der Waals surface area contributed by atoms with E-state index < -0.39 is 10.0 Å². The lowest BCUT2D eigenvalue weighted by Gasteiger charge is -2.14. The van der Waals surface area contributed by atoms with E-state index in [1.807, 2.05) is 12.1 Å². The zero-order valence-electron chi connectivity index (χ0n) is 13.2. The normalized spacial score (nSPS) is 14.6. The molecule has 0 spiro atoms. The molecular formula is C17H18BrClN2O2S. The number of sulfonamides is 1. The first-order chi connectivity index (χ1) is 11.4. The van der Waals surface area contributed by atoms with Gasteiger partial charge in [-0.25, -0.2) is 8.42 Å². The van der Waals surface area contributed by atoms with Crippen molar-refractivity contribution in [2.75, 3.05) is 11.3 Å². The molecule has 0 aliphatic carbocycles. The highest BCUT2D eigenvalue weighted by molar-refractivity contribution is 9.10. The van der Waals surface area contributed by atoms with Crippen LogP contribution in [0.4, 0.5) is 5.69 Å². The number of benzene rings is 2. The van der Waals surface area contributed by atoms with Gasteiger partial charge in [-0.2, -0.15) is 0 Å². The van der Waals surface area contributed by atoms with Crippen LogP contribution in [0.15, 0.2) is 45.8 Å². The van der Waals surface area contributed by atoms with Crippen LogP contribution in [0.3, 0.4) is 0 Å². The second-order valence-corrected chi connectivity index (χ2v) is 8.66. The SMILES string of the molecule is CCCN1Cc2cccc(NS(=O)(=O)c3cccc(Cl)c3Br)c2C1. The maximum atomic E-state index is 12.8. The highest BCUT2D eigenvalue weighted by atomic mass is 79.9. The Morgan fingerprint density at radius 2 is 1.96 bits per heavy atom. The van der Waals surface area contributed by atoms with Crippen molar-refractivity contribution in [2.24, 2.45) is 0 Å². The summed E-state index contributed by atoms with van der Waals surface area (Å²) in [5.41, 5.74) is 2.86. The van der Waals surface area contributed by atoms with Crippen molar-refractivity contribution < 1.29 is 8.42 Å². The second kappa shape index (κ2) is 7.04. The van der Waals surface area contributed by atoms with Crippen molar-refractivity contribution in [1.82, 2.24) is 4.90 Å². The lowest BCUT2D eigenvalue weighted by molar-refractivity contribution is 0.285. The summed E-state index contributed by atoms with van der Waals surface area (Å²) in [5.74, 6) is 0. The van der Waals surface area contributed by atoms with Crippen LogP contribution in [-0.2, 0) is 23.1 Å². The van der Waals surface area contributed by atoms with E-state index in [-0.39, 0.29) is 4.90 Å². The molecule has 0 atom stereocenters. The molecule has 1 aliphatic rings. The Morgan fingerprint density at radius 3 is 2.71 bits per heavy atom. The van der Waals surface area contributed by atoms with E-state index in [1.165, 1.54) is 11.6 Å². The molecule has 4 nitrogen and oxygen atoms in total. The molecule has 0 radical (unpaired) electrons. The molecular weight excluding hydrogens is 412 g/mol. The predicted octanol–water partition coefficient (Wildman–Crippen LogP) is 4.63. The van der Waals surface area contributed by atoms with Gasteiger partial charge < -0.3 is 0 Å². The van der Waals surface area contributed by atoms with E-state index in [0.29, 0.717) is 15.2 Å². The van der Waals surface area contributed by atoms with Gasteiger partial charge in [0, 0.05) is 13.1 Å². The smallest absolute Gasteiger partial charge is 0.263 e. The number of nitrogens with one attached hydrogen (secondary N) is 1. The molecule has 0 amide bonds. The predicted molar refractivity (Wildman–Crippen MR) is 101 cm³/mol. The van der Waals surface area contributed by atoms with Crippen LogP contribution >= 0.6 is 27.5 Å². The Hall–Kier alpha value is -1.08. The average Bonchev–Trinajstić information content (AvgIpc) is 2.93. The minimum atomic E-state index is -3.72. The standard InChI is InChI=1S/C17H18BrClN2O2S/c1-2-9-21-10-12-5-3-7-15(13(12)11-21)20-24(22,23)16-8-4-6-14(19)17(16)18/h3-8,20H,2,9-11H2,1H3. The lowest BCUT2D eigenvalue weighted by atomic mass is 10.1. The minimum absolute atomic E-state index is 0.135. The van der Waals surface area contributed by atoms with E-state index >= 15 is 0 Å². The van der Waals surface area contributed by atoms with Crippen LogP contribution in [0.2, 0.25) is 5.02 Å². The van der Waals surface area contributed by atoms with Crippen LogP contribution in [0.25, 0.3) is 0 Å². The summed E-state index contributed by atoms with van der Waals surface area (Å²) in [7, 11) is -3.72. The van der Waals surface area contributed by atoms with E-state index in [1.54, 1.807) is 12.1 Å². The molecule has 24 heavy (non-hydrogen) atoms. The van der Waals surface area contributed by atoms with E-state index in [4.69, 9.17) is 11.6 Å². The summed E-state index contributed by atoms with van der Waals surface area (Å²) < 4.78 is 28.6. The number of hydrogen-bond acceptors (Lipinski definition) is 3. The van der Waals surface area contributed by atoms with Crippen molar-refractivity contribution in [3.63, 3.8) is 0 Å². The summed E-state index contributed by atoms with van der Waals surface area (Å²) in [6, 6.07) is 10.6. The molecule has 1 N–H and O–H groups in total. The van der Waals surface area contributed by atoms with Crippen LogP contribution in [-0.4, -0.2) is 19.9 Å². The molecule has 2 aromatic rings. The summed E-state index contributed by atoms with van der Waals surface area (Å²) in [6.07, 6.45) is 1.07. The van der Waals surface area contributed by atoms with Gasteiger partial charge in [0.15, 0.2) is 0 Å². The summed E-state index contributed by atoms with van der Waals surface area (Å²) >= 11 is 9.29. The number of nitrogens with zero attached hydrogens (tertiary/aromatic N) is 1. The number of rotatable bonds is 5. The van der Waals surface area contributed by atoms with Gasteiger partial charge in [0.2, 0.25) is 0 Å². The number of anilines is 1. The maximum absolute atomic E-state index is 12.8. The summed E-state index contributed by atoms with van der Waals surface area (Å²) in [6.45, 7) is 4.77. The molecule has 7 heteroatoms. The molecule has 0 saturated carbocycles. The largest absolute Gasteiger partial charge is 0.295 e. The van der Waals surface area contributed by atoms with Gasteiger partial charge in [-0.1, -0.05) is 36.7 Å². The quantitative estimate of drug-likeness (QED) is 0.754. The Balaban J connectivity index is 1.93. The third-order valence-corrected chi connectivity index (χ3v) is 7.11. The molecule has 0 saturated heterocycles. The molecule has 3 rings (SSSR count). The summed E-state index contributed by atoms with van der Waals surface area (Å²) in [5, 5.41) is 0.366. The molecule has 1 heterocycles. The Morgan fingerprint density at radius 1 is 1.21 bits per heavy atom. The van der Waals surface area contributed by atoms with Gasteiger partial charge in [-0.05, 0) is 58.2 Å². The van der Waals surface area contributed by atoms with Gasteiger partial charge in [0.25, 0.3) is 10.0 Å². The van der Waals surface area contributed by atoms with Crippen molar-refractivity contribution in [1.29, 1.82) is 0 Å². The Bertz CT molecular complexity index is 871. The van der Waals surface area contributed by atoms with Gasteiger partial charge in [-0.3, -0.25) is 9.62 Å². The highest BCUT2D eigenvalue weighted by Crippen LogP contribution is 2.33. The molecule has 1 aliphatic heterocycles. The molecule has 128 valence electrons. The third-order valence-electron chi connectivity index (χ3n) is 4.04. The average molecular weight is 430 g/mol. The fourth-order valence-corrected chi connectivity index (χ4v) is 5.28. The van der Waals surface area contributed by atoms with E-state index in [0.717, 1.165) is 31.6 Å². The maximum Gasteiger partial charge on any atom is 0.263 e. The van der Waals surface area contributed by atoms with Crippen molar-refractivity contribution >= 4 is 43.2 Å². The molecule has 2 aromatic carbocycles. The first-order valence-corrected chi connectivity index (χ1v) is 10.4. The van der Waals surface area contributed by atoms with Gasteiger partial charge >= 0.3 is 0 Å². The molecule has 0 fully saturated rings. The monoisotopic (exact) mass is 428 g/mol. The fraction of sp³-hybridized carbons (Fsp3) is 0.294. The fourth-order valence-electron chi connectivity index (χ4n) is 2.95. The third kappa shape index (κ3) is 3.47. The second-order valence-electron chi connectivity index (χ2n) is 5.81. The van der Waals surface area contributed by atoms with E-state index in [2.05, 4.69) is 38.5 Å². The van der Waals surface area contributed by atoms with Gasteiger partial charge in [0.1, 0.15) is 4.90 Å². The lowest BCUT2D eigenvalue weighted by Crippen LogP contribution is -2.18. The highest BCUT2D eigenvalue weighted by Gasteiger charge is 2.25. The number of hydrogen-bond donors (Lipinski definition) is 1. The topological polar surface area (TPSA) is 49.4 Å². The van der Waals surface area contributed by atoms with Crippen molar-refractivity contribution in [3.05, 3.63) is 57.0 Å². The van der Waals surface area contributed by atoms with Crippen LogP contribution < -0.4 is 4.72 Å².